The van der Waals surface area contributed by atoms with Crippen molar-refractivity contribution in [2.75, 3.05) is 0 Å². The highest BCUT2D eigenvalue weighted by atomic mass is 32.1. The van der Waals surface area contributed by atoms with Crippen LogP contribution in [0.4, 0.5) is 0 Å². The Morgan fingerprint density at radius 1 is 0.367 bits per heavy atom. The van der Waals surface area contributed by atoms with Crippen LogP contribution in [-0.2, 0) is 0 Å². The molecule has 0 N–H and O–H groups in total. The molecule has 0 bridgehead atoms. The number of rotatable bonds is 4. The lowest BCUT2D eigenvalue weighted by molar-refractivity contribution is 1.08. The normalized spacial score (nSPS) is 12.0. The van der Waals surface area contributed by atoms with E-state index in [-0.39, 0.29) is 0 Å². The summed E-state index contributed by atoms with van der Waals surface area (Å²) in [6.07, 6.45) is 0. The predicted molar refractivity (Wildman–Crippen MR) is 207 cm³/mol. The van der Waals surface area contributed by atoms with E-state index in [2.05, 4.69) is 91.0 Å². The Labute approximate surface area is 288 Å². The molecule has 0 aliphatic carbocycles. The van der Waals surface area contributed by atoms with Gasteiger partial charge in [0.05, 0.1) is 1.37 Å². The maximum Gasteiger partial charge on any atom is 0.164 e. The lowest BCUT2D eigenvalue weighted by Gasteiger charge is -2.12. The molecule has 2 aromatic heterocycles. The molecule has 0 unspecified atom stereocenters. The first-order chi connectivity index (χ1) is 24.7. The number of hydrogen-bond acceptors (Lipinski definition) is 4. The largest absolute Gasteiger partial charge is 0.208 e. The molecule has 0 atom stereocenters. The van der Waals surface area contributed by atoms with Crippen molar-refractivity contribution < 1.29 is 1.37 Å². The number of nitrogens with zero attached hydrogens (tertiary/aromatic N) is 3. The van der Waals surface area contributed by atoms with E-state index in [1.807, 2.05) is 66.7 Å². The van der Waals surface area contributed by atoms with Gasteiger partial charge < -0.3 is 0 Å². The molecule has 0 fully saturated rings. The third kappa shape index (κ3) is 4.61. The Kier molecular flexibility index (Phi) is 6.12. The van der Waals surface area contributed by atoms with Crippen LogP contribution >= 0.6 is 11.3 Å². The van der Waals surface area contributed by atoms with Crippen molar-refractivity contribution >= 4 is 63.8 Å². The zero-order valence-corrected chi connectivity index (χ0v) is 27.1. The first-order valence-electron chi connectivity index (χ1n) is 16.9. The molecule has 10 aromatic rings. The van der Waals surface area contributed by atoms with Crippen LogP contribution in [0.15, 0.2) is 164 Å². The Bertz CT molecular complexity index is 2840. The van der Waals surface area contributed by atoms with Gasteiger partial charge in [-0.05, 0) is 67.7 Å². The van der Waals surface area contributed by atoms with Gasteiger partial charge >= 0.3 is 0 Å². The lowest BCUT2D eigenvalue weighted by Crippen LogP contribution is -2.00. The van der Waals surface area contributed by atoms with Crippen LogP contribution in [0.25, 0.3) is 97.8 Å². The Hall–Kier alpha value is -6.23. The lowest BCUT2D eigenvalue weighted by atomic mass is 9.92. The minimum absolute atomic E-state index is 0.513. The maximum absolute atomic E-state index is 9.23. The molecule has 0 saturated heterocycles. The molecule has 8 aromatic carbocycles. The Morgan fingerprint density at radius 3 is 1.51 bits per heavy atom. The van der Waals surface area contributed by atoms with Crippen LogP contribution in [0, 0.1) is 0 Å². The predicted octanol–water partition coefficient (Wildman–Crippen LogP) is 12.4. The molecule has 0 spiro atoms. The van der Waals surface area contributed by atoms with E-state index >= 15 is 0 Å². The zero-order valence-electron chi connectivity index (χ0n) is 27.3. The summed E-state index contributed by atoms with van der Waals surface area (Å²) in [6, 6.07) is 55.2. The van der Waals surface area contributed by atoms with Gasteiger partial charge in [-0.2, -0.15) is 0 Å². The average Bonchev–Trinajstić information content (AvgIpc) is 3.58. The number of aromatic nitrogens is 3. The fourth-order valence-corrected chi connectivity index (χ4v) is 8.20. The van der Waals surface area contributed by atoms with Gasteiger partial charge in [0.15, 0.2) is 17.5 Å². The molecule has 228 valence electrons. The standard InChI is InChI=1S/C45H27N3S/c1-3-12-28(13-4-1)43-46-44(29-14-5-2-6-15-29)48-45(47-43)37-20-11-21-41-42(37)39-27-31(23-25-40(39)49-41)30-22-24-36-34-18-8-7-16-32(34)33-17-9-10-19-35(33)38(36)26-30/h1-27H/i25D. The third-order valence-corrected chi connectivity index (χ3v) is 10.5. The van der Waals surface area contributed by atoms with E-state index in [0.717, 1.165) is 48.0 Å². The van der Waals surface area contributed by atoms with Crippen LogP contribution in [-0.4, -0.2) is 15.0 Å². The van der Waals surface area contributed by atoms with Crippen molar-refractivity contribution in [3.63, 3.8) is 0 Å². The minimum Gasteiger partial charge on any atom is -0.208 e. The van der Waals surface area contributed by atoms with Crippen molar-refractivity contribution in [2.24, 2.45) is 0 Å². The highest BCUT2D eigenvalue weighted by molar-refractivity contribution is 7.26. The molecule has 4 heteroatoms. The van der Waals surface area contributed by atoms with Crippen LogP contribution < -0.4 is 0 Å². The van der Waals surface area contributed by atoms with E-state index in [0.29, 0.717) is 23.5 Å². The second kappa shape index (κ2) is 11.2. The van der Waals surface area contributed by atoms with E-state index < -0.39 is 0 Å². The molecule has 10 rings (SSSR count). The molecule has 3 nitrogen and oxygen atoms in total. The highest BCUT2D eigenvalue weighted by Gasteiger charge is 2.18. The molecule has 0 radical (unpaired) electrons. The van der Waals surface area contributed by atoms with Gasteiger partial charge in [0.1, 0.15) is 0 Å². The smallest absolute Gasteiger partial charge is 0.164 e. The van der Waals surface area contributed by atoms with Crippen LogP contribution in [0.2, 0.25) is 0 Å². The average molecular weight is 643 g/mol. The highest BCUT2D eigenvalue weighted by Crippen LogP contribution is 2.42. The van der Waals surface area contributed by atoms with Gasteiger partial charge in [0.25, 0.3) is 0 Å². The summed E-state index contributed by atoms with van der Waals surface area (Å²) in [5.74, 6) is 1.87. The van der Waals surface area contributed by atoms with Crippen LogP contribution in [0.1, 0.15) is 1.37 Å². The van der Waals surface area contributed by atoms with E-state index in [9.17, 15) is 1.37 Å². The first kappa shape index (κ1) is 26.8. The van der Waals surface area contributed by atoms with E-state index in [4.69, 9.17) is 15.0 Å². The van der Waals surface area contributed by atoms with Gasteiger partial charge in [-0.25, -0.2) is 15.0 Å². The summed E-state index contributed by atoms with van der Waals surface area (Å²) in [4.78, 5) is 15.0. The van der Waals surface area contributed by atoms with Crippen molar-refractivity contribution in [1.29, 1.82) is 0 Å². The summed E-state index contributed by atoms with van der Waals surface area (Å²) in [5.41, 5.74) is 4.90. The number of thiophene rings is 1. The second-order valence-electron chi connectivity index (χ2n) is 12.3. The number of benzene rings is 8. The number of fused-ring (bicyclic) bond motifs is 9. The van der Waals surface area contributed by atoms with Gasteiger partial charge in [-0.3, -0.25) is 0 Å². The molecule has 0 saturated carbocycles. The molecule has 0 aliphatic heterocycles. The summed E-state index contributed by atoms with van der Waals surface area (Å²) >= 11 is 1.65. The Morgan fingerprint density at radius 2 is 0.878 bits per heavy atom. The monoisotopic (exact) mass is 642 g/mol. The first-order valence-corrected chi connectivity index (χ1v) is 17.2. The Balaban J connectivity index is 1.21. The topological polar surface area (TPSA) is 38.7 Å². The zero-order chi connectivity index (χ0) is 33.2. The van der Waals surface area contributed by atoms with Gasteiger partial charge in [-0.1, -0.05) is 140 Å². The SMILES string of the molecule is [2H]c1cc(-c2ccc3c4ccccc4c4ccccc4c3c2)cc2c1sc1cccc(-c3nc(-c4ccccc4)nc(-c4ccccc4)n3)c12. The molecule has 0 aliphatic rings. The van der Waals surface area contributed by atoms with Crippen LogP contribution in [0.5, 0.6) is 0 Å². The molecular weight excluding hydrogens is 615 g/mol. The van der Waals surface area contributed by atoms with Crippen molar-refractivity contribution in [2.45, 2.75) is 0 Å². The van der Waals surface area contributed by atoms with E-state index in [1.165, 1.54) is 32.3 Å². The van der Waals surface area contributed by atoms with Crippen molar-refractivity contribution in [1.82, 2.24) is 15.0 Å². The fraction of sp³-hybridized carbons (Fsp3) is 0. The number of hydrogen-bond donors (Lipinski definition) is 0. The molecule has 2 heterocycles. The summed E-state index contributed by atoms with van der Waals surface area (Å²) in [5, 5.41) is 9.54. The minimum atomic E-state index is 0.513. The maximum atomic E-state index is 9.23. The van der Waals surface area contributed by atoms with Crippen molar-refractivity contribution in [3.05, 3.63) is 164 Å². The summed E-state index contributed by atoms with van der Waals surface area (Å²) in [6.45, 7) is 0. The third-order valence-electron chi connectivity index (χ3n) is 9.43. The second-order valence-corrected chi connectivity index (χ2v) is 13.4. The molecular formula is C45H27N3S. The molecule has 49 heavy (non-hydrogen) atoms. The quantitative estimate of drug-likeness (QED) is 0.179. The van der Waals surface area contributed by atoms with Crippen molar-refractivity contribution in [3.8, 4) is 45.3 Å². The van der Waals surface area contributed by atoms with Crippen LogP contribution in [0.3, 0.4) is 0 Å². The summed E-state index contributed by atoms with van der Waals surface area (Å²) < 4.78 is 11.3. The fourth-order valence-electron chi connectivity index (χ4n) is 7.13. The van der Waals surface area contributed by atoms with Gasteiger partial charge in [0.2, 0.25) is 0 Å². The molecule has 0 amide bonds. The van der Waals surface area contributed by atoms with E-state index in [1.54, 1.807) is 11.3 Å². The van der Waals surface area contributed by atoms with Gasteiger partial charge in [0, 0.05) is 36.9 Å². The van der Waals surface area contributed by atoms with Gasteiger partial charge in [-0.15, -0.1) is 11.3 Å². The summed E-state index contributed by atoms with van der Waals surface area (Å²) in [7, 11) is 0.